The summed E-state index contributed by atoms with van der Waals surface area (Å²) in [6, 6.07) is -0.0569. The molecule has 0 aromatic carbocycles. The summed E-state index contributed by atoms with van der Waals surface area (Å²) in [5, 5.41) is 0. The first-order valence-corrected chi connectivity index (χ1v) is 9.83. The number of hydrogen-bond acceptors (Lipinski definition) is 6. The van der Waals surface area contributed by atoms with Gasteiger partial charge in [0.15, 0.2) is 5.76 Å². The lowest BCUT2D eigenvalue weighted by atomic mass is 9.89. The zero-order chi connectivity index (χ0) is 16.0. The number of aryl methyl sites for hydroxylation is 2. The van der Waals surface area contributed by atoms with Crippen molar-refractivity contribution in [2.24, 2.45) is 0 Å². The molecule has 4 rings (SSSR count). The standard InChI is InChI=1S/C16H21N3O3S/c1-11-17-9-13-14(18-11)6-5-12-15(19-7-3-2-4-8-19)10-23(20,21)22-16(12)13/h9,15H,2-8,10H2,1H3. The van der Waals surface area contributed by atoms with Crippen molar-refractivity contribution in [1.29, 1.82) is 0 Å². The van der Waals surface area contributed by atoms with Gasteiger partial charge in [-0.15, -0.1) is 0 Å². The minimum atomic E-state index is -3.56. The van der Waals surface area contributed by atoms with Gasteiger partial charge in [0.1, 0.15) is 11.6 Å². The van der Waals surface area contributed by atoms with Crippen LogP contribution in [0.3, 0.4) is 0 Å². The summed E-state index contributed by atoms with van der Waals surface area (Å²) >= 11 is 0. The lowest BCUT2D eigenvalue weighted by Crippen LogP contribution is -2.47. The third-order valence-electron chi connectivity index (χ3n) is 4.96. The van der Waals surface area contributed by atoms with Gasteiger partial charge in [-0.1, -0.05) is 6.42 Å². The average Bonchev–Trinajstić information content (AvgIpc) is 2.53. The number of likely N-dealkylation sites (tertiary alicyclic amines) is 1. The van der Waals surface area contributed by atoms with E-state index < -0.39 is 10.1 Å². The predicted molar refractivity (Wildman–Crippen MR) is 86.1 cm³/mol. The second-order valence-electron chi connectivity index (χ2n) is 6.55. The molecule has 124 valence electrons. The normalized spacial score (nSPS) is 27.1. The monoisotopic (exact) mass is 335 g/mol. The molecule has 1 fully saturated rings. The summed E-state index contributed by atoms with van der Waals surface area (Å²) in [6.07, 6.45) is 6.85. The smallest absolute Gasteiger partial charge is 0.311 e. The Bertz CT molecular complexity index is 767. The van der Waals surface area contributed by atoms with Gasteiger partial charge in [0.2, 0.25) is 0 Å². The SMILES string of the molecule is Cc1ncc2c(n1)CCC1=C2OS(=O)(=O)CC1N1CCCCC1. The number of nitrogens with zero attached hydrogens (tertiary/aromatic N) is 3. The summed E-state index contributed by atoms with van der Waals surface area (Å²) in [5.74, 6) is 1.26. The van der Waals surface area contributed by atoms with Gasteiger partial charge in [0.05, 0.1) is 17.3 Å². The zero-order valence-corrected chi connectivity index (χ0v) is 14.1. The van der Waals surface area contributed by atoms with E-state index >= 15 is 0 Å². The van der Waals surface area contributed by atoms with Crippen molar-refractivity contribution >= 4 is 15.9 Å². The molecule has 0 amide bonds. The minimum Gasteiger partial charge on any atom is -0.382 e. The van der Waals surface area contributed by atoms with Crippen molar-refractivity contribution in [2.45, 2.75) is 45.1 Å². The van der Waals surface area contributed by atoms with E-state index in [1.807, 2.05) is 6.92 Å². The van der Waals surface area contributed by atoms with E-state index in [0.29, 0.717) is 11.6 Å². The molecule has 0 radical (unpaired) electrons. The van der Waals surface area contributed by atoms with Gasteiger partial charge in [-0.2, -0.15) is 8.42 Å². The fourth-order valence-electron chi connectivity index (χ4n) is 3.86. The van der Waals surface area contributed by atoms with Gasteiger partial charge >= 0.3 is 10.1 Å². The van der Waals surface area contributed by atoms with E-state index in [9.17, 15) is 8.42 Å². The number of fused-ring (bicyclic) bond motifs is 2. The van der Waals surface area contributed by atoms with E-state index in [2.05, 4.69) is 14.9 Å². The molecule has 0 N–H and O–H groups in total. The van der Waals surface area contributed by atoms with Crippen molar-refractivity contribution in [3.63, 3.8) is 0 Å². The molecule has 1 atom stereocenters. The average molecular weight is 335 g/mol. The second-order valence-corrected chi connectivity index (χ2v) is 8.17. The first-order valence-electron chi connectivity index (χ1n) is 8.26. The molecule has 2 aliphatic heterocycles. The van der Waals surface area contributed by atoms with E-state index in [0.717, 1.165) is 55.6 Å². The van der Waals surface area contributed by atoms with Crippen LogP contribution in [0.2, 0.25) is 0 Å². The molecule has 0 spiro atoms. The largest absolute Gasteiger partial charge is 0.382 e. The van der Waals surface area contributed by atoms with Gasteiger partial charge in [0.25, 0.3) is 0 Å². The van der Waals surface area contributed by atoms with Crippen LogP contribution in [-0.2, 0) is 20.7 Å². The van der Waals surface area contributed by atoms with Crippen LogP contribution in [0.25, 0.3) is 5.76 Å². The third kappa shape index (κ3) is 2.76. The van der Waals surface area contributed by atoms with E-state index in [1.54, 1.807) is 6.20 Å². The van der Waals surface area contributed by atoms with Gasteiger partial charge in [-0.05, 0) is 51.3 Å². The summed E-state index contributed by atoms with van der Waals surface area (Å²) in [7, 11) is -3.56. The molecule has 1 unspecified atom stereocenters. The quantitative estimate of drug-likeness (QED) is 0.727. The Morgan fingerprint density at radius 1 is 1.22 bits per heavy atom. The summed E-state index contributed by atoms with van der Waals surface area (Å²) in [6.45, 7) is 3.78. The fraction of sp³-hybridized carbons (Fsp3) is 0.625. The highest BCUT2D eigenvalue weighted by atomic mass is 32.2. The summed E-state index contributed by atoms with van der Waals surface area (Å²) in [4.78, 5) is 11.0. The maximum absolute atomic E-state index is 12.3. The zero-order valence-electron chi connectivity index (χ0n) is 13.3. The Morgan fingerprint density at radius 2 is 2.00 bits per heavy atom. The van der Waals surface area contributed by atoms with Crippen LogP contribution in [0.4, 0.5) is 0 Å². The Hall–Kier alpha value is -1.47. The van der Waals surface area contributed by atoms with Crippen LogP contribution >= 0.6 is 0 Å². The van der Waals surface area contributed by atoms with Crippen molar-refractivity contribution < 1.29 is 12.6 Å². The van der Waals surface area contributed by atoms with Crippen LogP contribution in [0.1, 0.15) is 42.8 Å². The molecule has 1 aromatic rings. The lowest BCUT2D eigenvalue weighted by Gasteiger charge is -2.40. The van der Waals surface area contributed by atoms with Gasteiger partial charge in [-0.25, -0.2) is 9.97 Å². The first-order chi connectivity index (χ1) is 11.0. The van der Waals surface area contributed by atoms with E-state index in [-0.39, 0.29) is 11.8 Å². The number of hydrogen-bond donors (Lipinski definition) is 0. The maximum Gasteiger partial charge on any atom is 0.311 e. The number of piperidine rings is 1. The van der Waals surface area contributed by atoms with Gasteiger partial charge in [0, 0.05) is 6.20 Å². The van der Waals surface area contributed by atoms with Gasteiger partial charge in [-0.3, -0.25) is 4.90 Å². The molecule has 23 heavy (non-hydrogen) atoms. The van der Waals surface area contributed by atoms with Crippen LogP contribution in [0, 0.1) is 6.92 Å². The van der Waals surface area contributed by atoms with Crippen molar-refractivity contribution in [2.75, 3.05) is 18.8 Å². The Morgan fingerprint density at radius 3 is 2.78 bits per heavy atom. The van der Waals surface area contributed by atoms with Crippen molar-refractivity contribution in [3.8, 4) is 0 Å². The van der Waals surface area contributed by atoms with Crippen molar-refractivity contribution in [3.05, 3.63) is 28.9 Å². The number of aromatic nitrogens is 2. The molecule has 1 saturated heterocycles. The molecule has 6 nitrogen and oxygen atoms in total. The fourth-order valence-corrected chi connectivity index (χ4v) is 5.18. The number of rotatable bonds is 1. The molecule has 0 saturated carbocycles. The molecule has 7 heteroatoms. The van der Waals surface area contributed by atoms with Crippen LogP contribution < -0.4 is 0 Å². The molecular weight excluding hydrogens is 314 g/mol. The molecule has 1 aliphatic carbocycles. The lowest BCUT2D eigenvalue weighted by molar-refractivity contribution is 0.186. The van der Waals surface area contributed by atoms with Crippen molar-refractivity contribution in [1.82, 2.24) is 14.9 Å². The third-order valence-corrected chi connectivity index (χ3v) is 6.11. The Balaban J connectivity index is 1.80. The van der Waals surface area contributed by atoms with E-state index in [4.69, 9.17) is 4.18 Å². The highest BCUT2D eigenvalue weighted by Crippen LogP contribution is 2.39. The van der Waals surface area contributed by atoms with Crippen LogP contribution in [-0.4, -0.2) is 48.2 Å². The molecule has 3 heterocycles. The second kappa shape index (κ2) is 5.56. The topological polar surface area (TPSA) is 72.4 Å². The molecule has 0 bridgehead atoms. The Labute approximate surface area is 136 Å². The van der Waals surface area contributed by atoms with Crippen LogP contribution in [0.15, 0.2) is 11.8 Å². The summed E-state index contributed by atoms with van der Waals surface area (Å²) in [5.41, 5.74) is 2.76. The predicted octanol–water partition coefficient (Wildman–Crippen LogP) is 1.66. The van der Waals surface area contributed by atoms with Gasteiger partial charge < -0.3 is 4.18 Å². The maximum atomic E-state index is 12.3. The first kappa shape index (κ1) is 15.1. The molecule has 3 aliphatic rings. The van der Waals surface area contributed by atoms with E-state index in [1.165, 1.54) is 6.42 Å². The Kier molecular flexibility index (Phi) is 3.65. The molecular formula is C16H21N3O3S. The summed E-state index contributed by atoms with van der Waals surface area (Å²) < 4.78 is 30.0. The van der Waals surface area contributed by atoms with Crippen LogP contribution in [0.5, 0.6) is 0 Å². The highest BCUT2D eigenvalue weighted by Gasteiger charge is 2.40. The molecule has 1 aromatic heterocycles. The highest BCUT2D eigenvalue weighted by molar-refractivity contribution is 7.87. The minimum absolute atomic E-state index is 0.0569.